The molecule has 0 radical (unpaired) electrons. The van der Waals surface area contributed by atoms with Crippen LogP contribution in [0.5, 0.6) is 0 Å². The van der Waals surface area contributed by atoms with Crippen molar-refractivity contribution < 1.29 is 72.6 Å². The number of ether oxygens (including phenoxy) is 1. The number of hydrogen-bond acceptors (Lipinski definition) is 2. The summed E-state index contributed by atoms with van der Waals surface area (Å²) in [7, 11) is 0. The van der Waals surface area contributed by atoms with Crippen LogP contribution in [0.3, 0.4) is 0 Å². The summed E-state index contributed by atoms with van der Waals surface area (Å²) >= 11 is 0. The Hall–Kier alpha value is -0.183. The van der Waals surface area contributed by atoms with E-state index in [2.05, 4.69) is 4.74 Å². The van der Waals surface area contributed by atoms with E-state index in [0.717, 1.165) is 0 Å². The van der Waals surface area contributed by atoms with Gasteiger partial charge in [0.2, 0.25) is 6.10 Å². The van der Waals surface area contributed by atoms with E-state index >= 15 is 0 Å². The molecule has 0 saturated carbocycles. The number of hydrogen-bond donors (Lipinski definition) is 0. The molecule has 0 spiro atoms. The van der Waals surface area contributed by atoms with E-state index in [1.54, 1.807) is 0 Å². The molecule has 0 rings (SSSR count). The third kappa shape index (κ3) is 5.18. The van der Waals surface area contributed by atoms with Crippen molar-refractivity contribution in [1.29, 1.82) is 0 Å². The van der Waals surface area contributed by atoms with Crippen molar-refractivity contribution in [2.45, 2.75) is 49.8 Å². The molecule has 0 fully saturated rings. The van der Waals surface area contributed by atoms with Gasteiger partial charge < -0.3 is 9.84 Å². The van der Waals surface area contributed by atoms with E-state index < -0.39 is 49.4 Å². The van der Waals surface area contributed by atoms with Crippen molar-refractivity contribution in [3.8, 4) is 0 Å². The van der Waals surface area contributed by atoms with Crippen molar-refractivity contribution in [1.82, 2.24) is 0 Å². The minimum atomic E-state index is -6.69. The molecule has 0 aliphatic carbocycles. The molecule has 0 aromatic rings. The van der Waals surface area contributed by atoms with Gasteiger partial charge in [-0.2, -0.15) is 43.9 Å². The van der Waals surface area contributed by atoms with Crippen molar-refractivity contribution in [2.75, 3.05) is 6.61 Å². The summed E-state index contributed by atoms with van der Waals surface area (Å²) in [6, 6.07) is 0. The minimum absolute atomic E-state index is 0. The Balaban J connectivity index is 0. The molecule has 1 atom stereocenters. The van der Waals surface area contributed by atoms with Crippen LogP contribution in [0.25, 0.3) is 0 Å². The standard InChI is InChI=1S/C9H9F10O2.Li/c1-4(2-3-20)21-5(6(10,11)8(14,15)16)7(12,13)9(17,18)19;/h4-5H,2-3H2,1H3;/q-1;+1. The summed E-state index contributed by atoms with van der Waals surface area (Å²) in [5.74, 6) is -12.9. The molecule has 0 aromatic carbocycles. The van der Waals surface area contributed by atoms with Crippen LogP contribution in [-0.4, -0.2) is 43.0 Å². The molecule has 0 N–H and O–H groups in total. The van der Waals surface area contributed by atoms with E-state index in [9.17, 15) is 49.0 Å². The Bertz CT molecular complexity index is 314. The molecule has 1 unspecified atom stereocenters. The van der Waals surface area contributed by atoms with Gasteiger partial charge in [-0.25, -0.2) is 0 Å². The maximum Gasteiger partial charge on any atom is 1.00 e. The van der Waals surface area contributed by atoms with Crippen LogP contribution >= 0.6 is 0 Å². The molecule has 2 nitrogen and oxygen atoms in total. The van der Waals surface area contributed by atoms with Gasteiger partial charge in [0.05, 0.1) is 6.10 Å². The Morgan fingerprint density at radius 1 is 0.818 bits per heavy atom. The molecule has 128 valence electrons. The van der Waals surface area contributed by atoms with Gasteiger partial charge >= 0.3 is 43.1 Å². The zero-order valence-corrected chi connectivity index (χ0v) is 11.2. The molecule has 0 bridgehead atoms. The van der Waals surface area contributed by atoms with E-state index in [1.807, 2.05) is 0 Å². The van der Waals surface area contributed by atoms with E-state index in [1.165, 1.54) is 0 Å². The maximum atomic E-state index is 12.9. The van der Waals surface area contributed by atoms with Gasteiger partial charge in [0, 0.05) is 0 Å². The quantitative estimate of drug-likeness (QED) is 0.498. The van der Waals surface area contributed by atoms with Gasteiger partial charge in [-0.15, -0.1) is 6.61 Å². The summed E-state index contributed by atoms with van der Waals surface area (Å²) < 4.78 is 127. The van der Waals surface area contributed by atoms with Crippen LogP contribution in [0.15, 0.2) is 0 Å². The fourth-order valence-corrected chi connectivity index (χ4v) is 1.16. The maximum absolute atomic E-state index is 12.9. The summed E-state index contributed by atoms with van der Waals surface area (Å²) in [5, 5.41) is 10.1. The first kappa shape index (κ1) is 24.1. The van der Waals surface area contributed by atoms with Crippen LogP contribution in [0.2, 0.25) is 0 Å². The van der Waals surface area contributed by atoms with E-state index in [4.69, 9.17) is 0 Å². The zero-order chi connectivity index (χ0) is 17.3. The summed E-state index contributed by atoms with van der Waals surface area (Å²) in [6.45, 7) is -0.493. The Morgan fingerprint density at radius 2 is 1.14 bits per heavy atom. The Kier molecular flexibility index (Phi) is 8.31. The predicted octanol–water partition coefficient (Wildman–Crippen LogP) is -0.0903. The second-order valence-electron chi connectivity index (χ2n) is 4.06. The Labute approximate surface area is 130 Å². The Morgan fingerprint density at radius 3 is 1.36 bits per heavy atom. The van der Waals surface area contributed by atoms with Crippen LogP contribution in [0.1, 0.15) is 13.3 Å². The van der Waals surface area contributed by atoms with Crippen molar-refractivity contribution in [3.05, 3.63) is 0 Å². The largest absolute Gasteiger partial charge is 1.00 e. The summed E-state index contributed by atoms with van der Waals surface area (Å²) in [5.41, 5.74) is 0. The van der Waals surface area contributed by atoms with Gasteiger partial charge in [-0.3, -0.25) is 0 Å². The third-order valence-electron chi connectivity index (χ3n) is 2.31. The number of rotatable bonds is 6. The van der Waals surface area contributed by atoms with Crippen LogP contribution in [0, 0.1) is 0 Å². The number of halogens is 10. The smallest absolute Gasteiger partial charge is 0.854 e. The normalized spacial score (nSPS) is 15.7. The van der Waals surface area contributed by atoms with Crippen LogP contribution in [0.4, 0.5) is 43.9 Å². The van der Waals surface area contributed by atoms with E-state index in [-0.39, 0.29) is 18.9 Å². The average Bonchev–Trinajstić information content (AvgIpc) is 2.22. The van der Waals surface area contributed by atoms with Crippen molar-refractivity contribution >= 4 is 0 Å². The van der Waals surface area contributed by atoms with Gasteiger partial charge in [0.15, 0.2) is 0 Å². The first-order valence-corrected chi connectivity index (χ1v) is 5.21. The summed E-state index contributed by atoms with van der Waals surface area (Å²) in [6.07, 6.45) is -21.0. The second-order valence-corrected chi connectivity index (χ2v) is 4.06. The fraction of sp³-hybridized carbons (Fsp3) is 1.00. The second kappa shape index (κ2) is 7.59. The third-order valence-corrected chi connectivity index (χ3v) is 2.31. The monoisotopic (exact) mass is 346 g/mol. The molecule has 0 saturated heterocycles. The first-order valence-electron chi connectivity index (χ1n) is 5.21. The average molecular weight is 346 g/mol. The molecule has 0 aliphatic heterocycles. The predicted molar refractivity (Wildman–Crippen MR) is 45.8 cm³/mol. The van der Waals surface area contributed by atoms with Gasteiger partial charge in [0.25, 0.3) is 0 Å². The molecule has 0 amide bonds. The number of alkyl halides is 10. The molecule has 0 aliphatic rings. The molecule has 22 heavy (non-hydrogen) atoms. The molecule has 0 aromatic heterocycles. The molecular weight excluding hydrogens is 337 g/mol. The SMILES string of the molecule is CC(CC[O-])OC(C(F)(F)C(F)(F)F)C(F)(F)C(F)(F)F.[Li+]. The van der Waals surface area contributed by atoms with Gasteiger partial charge in [-0.1, -0.05) is 0 Å². The summed E-state index contributed by atoms with van der Waals surface area (Å²) in [4.78, 5) is 0. The molecular formula is C9H9F10LiO2. The van der Waals surface area contributed by atoms with E-state index in [0.29, 0.717) is 6.92 Å². The zero-order valence-electron chi connectivity index (χ0n) is 11.2. The minimum Gasteiger partial charge on any atom is -0.854 e. The van der Waals surface area contributed by atoms with Gasteiger partial charge in [0.1, 0.15) is 0 Å². The van der Waals surface area contributed by atoms with Crippen molar-refractivity contribution in [2.24, 2.45) is 0 Å². The fourth-order valence-electron chi connectivity index (χ4n) is 1.16. The molecule has 0 heterocycles. The van der Waals surface area contributed by atoms with Gasteiger partial charge in [-0.05, 0) is 13.3 Å². The molecule has 13 heteroatoms. The topological polar surface area (TPSA) is 32.3 Å². The van der Waals surface area contributed by atoms with Crippen LogP contribution < -0.4 is 24.0 Å². The first-order chi connectivity index (χ1) is 9.09. The van der Waals surface area contributed by atoms with Crippen LogP contribution in [-0.2, 0) is 4.74 Å². The van der Waals surface area contributed by atoms with Crippen molar-refractivity contribution in [3.63, 3.8) is 0 Å².